The van der Waals surface area contributed by atoms with Crippen molar-refractivity contribution in [2.75, 3.05) is 0 Å². The number of rotatable bonds is 4. The van der Waals surface area contributed by atoms with Crippen molar-refractivity contribution in [3.05, 3.63) is 44.0 Å². The highest BCUT2D eigenvalue weighted by Gasteiger charge is 2.08. The van der Waals surface area contributed by atoms with Gasteiger partial charge in [-0.2, -0.15) is 5.10 Å². The predicted octanol–water partition coefficient (Wildman–Crippen LogP) is -0.270. The highest BCUT2D eigenvalue weighted by Crippen LogP contribution is 2.21. The molecule has 0 unspecified atom stereocenters. The number of nitrogens with one attached hydrogen (secondary N) is 1. The molecule has 11 heteroatoms. The number of nitrogens with two attached hydrogens (primary N) is 1. The highest BCUT2D eigenvalue weighted by atomic mass is 16.7. The van der Waals surface area contributed by atoms with Crippen LogP contribution < -0.4 is 11.2 Å². The van der Waals surface area contributed by atoms with Gasteiger partial charge in [0.05, 0.1) is 11.1 Å². The molecule has 0 spiro atoms. The van der Waals surface area contributed by atoms with Crippen molar-refractivity contribution in [3.63, 3.8) is 0 Å². The Morgan fingerprint density at radius 2 is 2.11 bits per heavy atom. The molecular weight excluding hydrogens is 260 g/mol. The minimum Gasteiger partial charge on any atom is -0.507 e. The van der Waals surface area contributed by atoms with Crippen LogP contribution in [-0.2, 0) is 0 Å². The Balaban J connectivity index is 2.90. The Labute approximate surface area is 105 Å². The first kappa shape index (κ1) is 13.8. The molecule has 0 heterocycles. The van der Waals surface area contributed by atoms with Crippen molar-refractivity contribution in [1.29, 1.82) is 0 Å². The topological polar surface area (TPSA) is 169 Å². The van der Waals surface area contributed by atoms with Crippen LogP contribution in [0.15, 0.2) is 28.4 Å². The van der Waals surface area contributed by atoms with Gasteiger partial charge in [0.1, 0.15) is 5.75 Å². The first-order valence-corrected chi connectivity index (χ1v) is 4.65. The first-order chi connectivity index (χ1) is 8.90. The number of phenols is 1. The van der Waals surface area contributed by atoms with E-state index in [0.717, 1.165) is 24.4 Å². The van der Waals surface area contributed by atoms with E-state index >= 15 is 0 Å². The number of aromatic hydroxyl groups is 1. The summed E-state index contributed by atoms with van der Waals surface area (Å²) in [4.78, 5) is 19.8. The third-order valence-electron chi connectivity index (χ3n) is 1.79. The zero-order valence-corrected chi connectivity index (χ0v) is 9.26. The maximum Gasteiger partial charge on any atom is 0.275 e. The molecule has 100 valence electrons. The average molecular weight is 268 g/mol. The Kier molecular flexibility index (Phi) is 4.29. The summed E-state index contributed by atoms with van der Waals surface area (Å²) < 4.78 is 0. The van der Waals surface area contributed by atoms with Gasteiger partial charge in [-0.05, 0) is 6.07 Å². The number of guanidine groups is 1. The van der Waals surface area contributed by atoms with Gasteiger partial charge < -0.3 is 10.8 Å². The third kappa shape index (κ3) is 4.26. The van der Waals surface area contributed by atoms with Crippen molar-refractivity contribution in [2.24, 2.45) is 15.9 Å². The normalized spacial score (nSPS) is 11.5. The molecule has 1 aromatic carbocycles. The summed E-state index contributed by atoms with van der Waals surface area (Å²) in [5.41, 5.74) is 6.38. The summed E-state index contributed by atoms with van der Waals surface area (Å²) in [5, 5.41) is 35.5. The van der Waals surface area contributed by atoms with E-state index < -0.39 is 15.9 Å². The average Bonchev–Trinajstić information content (AvgIpc) is 2.30. The van der Waals surface area contributed by atoms with Crippen molar-refractivity contribution in [3.8, 4) is 5.75 Å². The third-order valence-corrected chi connectivity index (χ3v) is 1.79. The highest BCUT2D eigenvalue weighted by molar-refractivity contribution is 5.85. The van der Waals surface area contributed by atoms with E-state index in [4.69, 9.17) is 5.73 Å². The summed E-state index contributed by atoms with van der Waals surface area (Å²) in [6, 6.07) is 3.28. The van der Waals surface area contributed by atoms with E-state index in [1.807, 2.05) is 0 Å². The van der Waals surface area contributed by atoms with Gasteiger partial charge in [-0.15, -0.1) is 5.10 Å². The van der Waals surface area contributed by atoms with Gasteiger partial charge in [-0.1, -0.05) is 5.43 Å². The van der Waals surface area contributed by atoms with Crippen LogP contribution in [0.5, 0.6) is 5.75 Å². The lowest BCUT2D eigenvalue weighted by molar-refractivity contribution is -0.525. The van der Waals surface area contributed by atoms with E-state index in [0.29, 0.717) is 0 Å². The lowest BCUT2D eigenvalue weighted by Gasteiger charge is -1.97. The predicted molar refractivity (Wildman–Crippen MR) is 64.1 cm³/mol. The molecule has 0 saturated heterocycles. The standard InChI is InChI=1S/C8H8N6O5/c9-8(12-14(18)19)11-10-4-5-3-6(13(16)17)1-2-7(5)15/h1-4,15H,(H3,9,11,12). The fraction of sp³-hybridized carbons (Fsp3) is 0. The summed E-state index contributed by atoms with van der Waals surface area (Å²) >= 11 is 0. The number of nitro benzene ring substituents is 1. The van der Waals surface area contributed by atoms with E-state index in [9.17, 15) is 25.3 Å². The Bertz CT molecular complexity index is 569. The maximum atomic E-state index is 10.5. The van der Waals surface area contributed by atoms with Gasteiger partial charge in [0, 0.05) is 17.7 Å². The maximum absolute atomic E-state index is 10.5. The molecule has 0 aromatic heterocycles. The molecule has 1 rings (SSSR count). The molecule has 0 bridgehead atoms. The molecule has 19 heavy (non-hydrogen) atoms. The smallest absolute Gasteiger partial charge is 0.275 e. The zero-order valence-electron chi connectivity index (χ0n) is 9.26. The van der Waals surface area contributed by atoms with Crippen LogP contribution in [0.1, 0.15) is 5.56 Å². The van der Waals surface area contributed by atoms with Gasteiger partial charge in [0.2, 0.25) is 0 Å². The minimum absolute atomic E-state index is 0.0202. The number of hydrazine groups is 1. The number of nitrogens with zero attached hydrogens (tertiary/aromatic N) is 4. The minimum atomic E-state index is -0.931. The number of hydrogen-bond donors (Lipinski definition) is 3. The molecule has 0 aliphatic rings. The molecule has 0 fully saturated rings. The number of phenolic OH excluding ortho intramolecular Hbond substituents is 1. The van der Waals surface area contributed by atoms with E-state index in [1.165, 1.54) is 5.43 Å². The molecule has 0 radical (unpaired) electrons. The van der Waals surface area contributed by atoms with Gasteiger partial charge in [-0.25, -0.2) is 10.1 Å². The summed E-state index contributed by atoms with van der Waals surface area (Å²) in [5.74, 6) is -0.837. The van der Waals surface area contributed by atoms with Crippen LogP contribution in [0.25, 0.3) is 0 Å². The van der Waals surface area contributed by atoms with Crippen LogP contribution in [0, 0.1) is 20.2 Å². The van der Waals surface area contributed by atoms with Crippen molar-refractivity contribution in [2.45, 2.75) is 0 Å². The number of hydrogen-bond acceptors (Lipinski definition) is 7. The van der Waals surface area contributed by atoms with Crippen LogP contribution in [-0.4, -0.2) is 27.2 Å². The summed E-state index contributed by atoms with van der Waals surface area (Å²) in [6.07, 6.45) is 0.969. The lowest BCUT2D eigenvalue weighted by Crippen LogP contribution is -2.35. The Morgan fingerprint density at radius 1 is 1.42 bits per heavy atom. The number of non-ortho nitro benzene ring substituents is 1. The van der Waals surface area contributed by atoms with Gasteiger partial charge >= 0.3 is 0 Å². The Hall–Kier alpha value is -3.24. The molecule has 11 nitrogen and oxygen atoms in total. The largest absolute Gasteiger partial charge is 0.507 e. The van der Waals surface area contributed by atoms with Crippen LogP contribution in [0.3, 0.4) is 0 Å². The monoisotopic (exact) mass is 268 g/mol. The van der Waals surface area contributed by atoms with Gasteiger partial charge in [0.15, 0.2) is 5.03 Å². The molecule has 0 aliphatic heterocycles. The SMILES string of the molecule is N/C(=N\N=Cc1cc([N+](=O)[O-])ccc1O)N[N+](=O)[O-]. The summed E-state index contributed by atoms with van der Waals surface area (Å²) in [6.45, 7) is 0. The fourth-order valence-electron chi connectivity index (χ4n) is 1.03. The fourth-order valence-corrected chi connectivity index (χ4v) is 1.03. The molecule has 4 N–H and O–H groups in total. The second-order valence-corrected chi connectivity index (χ2v) is 3.10. The number of nitro groups is 2. The van der Waals surface area contributed by atoms with E-state index in [2.05, 4.69) is 10.2 Å². The van der Waals surface area contributed by atoms with Crippen molar-refractivity contribution >= 4 is 17.9 Å². The summed E-state index contributed by atoms with van der Waals surface area (Å²) in [7, 11) is 0. The van der Waals surface area contributed by atoms with Crippen LogP contribution in [0.4, 0.5) is 5.69 Å². The molecule has 0 atom stereocenters. The molecule has 0 aliphatic carbocycles. The lowest BCUT2D eigenvalue weighted by atomic mass is 10.2. The number of benzene rings is 1. The van der Waals surface area contributed by atoms with Crippen molar-refractivity contribution < 1.29 is 15.1 Å². The second kappa shape index (κ2) is 5.90. The molecule has 1 aromatic rings. The second-order valence-electron chi connectivity index (χ2n) is 3.10. The van der Waals surface area contributed by atoms with Gasteiger partial charge in [-0.3, -0.25) is 10.1 Å². The van der Waals surface area contributed by atoms with Gasteiger partial charge in [0.25, 0.3) is 11.6 Å². The first-order valence-electron chi connectivity index (χ1n) is 4.65. The zero-order chi connectivity index (χ0) is 14.4. The molecule has 0 saturated carbocycles. The quantitative estimate of drug-likeness (QED) is 0.292. The molecular formula is C8H8N6O5. The molecule has 0 amide bonds. The van der Waals surface area contributed by atoms with E-state index in [1.54, 1.807) is 0 Å². The Morgan fingerprint density at radius 3 is 2.68 bits per heavy atom. The van der Waals surface area contributed by atoms with Crippen LogP contribution in [0.2, 0.25) is 0 Å². The van der Waals surface area contributed by atoms with Crippen LogP contribution >= 0.6 is 0 Å². The van der Waals surface area contributed by atoms with E-state index in [-0.39, 0.29) is 17.0 Å². The van der Waals surface area contributed by atoms with Crippen molar-refractivity contribution in [1.82, 2.24) is 5.43 Å².